The minimum Gasteiger partial charge on any atom is -0.0835 e. The maximum absolute atomic E-state index is 2.38. The van der Waals surface area contributed by atoms with Crippen LogP contribution in [-0.2, 0) is 0 Å². The van der Waals surface area contributed by atoms with E-state index in [0.29, 0.717) is 0 Å². The first-order chi connectivity index (χ1) is 8.37. The molecule has 0 heterocycles. The minimum absolute atomic E-state index is 0.0270. The van der Waals surface area contributed by atoms with Crippen LogP contribution in [0.15, 0.2) is 84.1 Å². The maximum atomic E-state index is 2.38. The molecule has 0 aromatic carbocycles. The molecule has 4 rings (SSSR count). The predicted octanol–water partition coefficient (Wildman–Crippen LogP) is 4.04. The zero-order chi connectivity index (χ0) is 11.3. The smallest absolute Gasteiger partial charge is 0.0485 e. The normalized spacial score (nSPS) is 39.5. The van der Waals surface area contributed by atoms with Gasteiger partial charge in [-0.25, -0.2) is 0 Å². The van der Waals surface area contributed by atoms with E-state index in [-0.39, 0.29) is 10.8 Å². The molecule has 2 atom stereocenters. The second kappa shape index (κ2) is 2.89. The fraction of sp³-hybridized carbons (Fsp3) is 0.176. The SMILES string of the molecule is C1=CC2=CC3=CCC=CC34C=CC=CC24C=C1. The van der Waals surface area contributed by atoms with E-state index in [1.807, 2.05) is 0 Å². The summed E-state index contributed by atoms with van der Waals surface area (Å²) in [5.41, 5.74) is 2.93. The van der Waals surface area contributed by atoms with Crippen molar-refractivity contribution < 1.29 is 0 Å². The van der Waals surface area contributed by atoms with Gasteiger partial charge in [-0.1, -0.05) is 72.9 Å². The lowest BCUT2D eigenvalue weighted by Crippen LogP contribution is -2.37. The quantitative estimate of drug-likeness (QED) is 0.538. The van der Waals surface area contributed by atoms with Gasteiger partial charge in [-0.15, -0.1) is 0 Å². The Balaban J connectivity index is 2.06. The average molecular weight is 218 g/mol. The lowest BCUT2D eigenvalue weighted by atomic mass is 9.57. The summed E-state index contributed by atoms with van der Waals surface area (Å²) in [6, 6.07) is 0. The Morgan fingerprint density at radius 3 is 2.29 bits per heavy atom. The zero-order valence-corrected chi connectivity index (χ0v) is 9.64. The van der Waals surface area contributed by atoms with Crippen LogP contribution in [0, 0.1) is 10.8 Å². The minimum atomic E-state index is 0.0270. The molecule has 0 N–H and O–H groups in total. The third kappa shape index (κ3) is 0.906. The van der Waals surface area contributed by atoms with Gasteiger partial charge in [0, 0.05) is 10.8 Å². The molecular formula is C17H14. The highest BCUT2D eigenvalue weighted by atomic mass is 14.6. The molecule has 0 aromatic rings. The van der Waals surface area contributed by atoms with E-state index in [0.717, 1.165) is 6.42 Å². The van der Waals surface area contributed by atoms with E-state index >= 15 is 0 Å². The highest BCUT2D eigenvalue weighted by Gasteiger charge is 2.54. The molecule has 0 heteroatoms. The van der Waals surface area contributed by atoms with Crippen molar-refractivity contribution in [3.05, 3.63) is 84.1 Å². The van der Waals surface area contributed by atoms with Gasteiger partial charge >= 0.3 is 0 Å². The van der Waals surface area contributed by atoms with Crippen LogP contribution in [-0.4, -0.2) is 0 Å². The van der Waals surface area contributed by atoms with Crippen molar-refractivity contribution >= 4 is 0 Å². The van der Waals surface area contributed by atoms with E-state index < -0.39 is 0 Å². The standard InChI is InChI=1S/C17H14/c1-3-9-16-11-5-6-12-17(16)10-4-2-8-15(17)13-14(16)7-1/h1,3-13H,2H2. The highest BCUT2D eigenvalue weighted by Crippen LogP contribution is 2.62. The first-order valence-electron chi connectivity index (χ1n) is 6.21. The lowest BCUT2D eigenvalue weighted by Gasteiger charge is -2.44. The summed E-state index contributed by atoms with van der Waals surface area (Å²) < 4.78 is 0. The summed E-state index contributed by atoms with van der Waals surface area (Å²) in [6.45, 7) is 0. The largest absolute Gasteiger partial charge is 0.0835 e. The molecule has 0 saturated heterocycles. The maximum Gasteiger partial charge on any atom is 0.0485 e. The highest BCUT2D eigenvalue weighted by molar-refractivity contribution is 5.65. The van der Waals surface area contributed by atoms with Gasteiger partial charge in [0.2, 0.25) is 0 Å². The van der Waals surface area contributed by atoms with Crippen LogP contribution in [0.5, 0.6) is 0 Å². The van der Waals surface area contributed by atoms with Crippen LogP contribution >= 0.6 is 0 Å². The molecule has 0 saturated carbocycles. The molecule has 4 aliphatic carbocycles. The second-order valence-corrected chi connectivity index (χ2v) is 5.07. The molecule has 82 valence electrons. The van der Waals surface area contributed by atoms with Crippen LogP contribution in [0.25, 0.3) is 0 Å². The van der Waals surface area contributed by atoms with Crippen molar-refractivity contribution in [2.75, 3.05) is 0 Å². The van der Waals surface area contributed by atoms with Crippen LogP contribution in [0.3, 0.4) is 0 Å². The van der Waals surface area contributed by atoms with Crippen molar-refractivity contribution in [3.8, 4) is 0 Å². The first-order valence-corrected chi connectivity index (χ1v) is 6.21. The van der Waals surface area contributed by atoms with E-state index in [9.17, 15) is 0 Å². The van der Waals surface area contributed by atoms with Crippen molar-refractivity contribution in [1.82, 2.24) is 0 Å². The Bertz CT molecular complexity index is 580. The molecule has 0 aliphatic heterocycles. The van der Waals surface area contributed by atoms with Crippen LogP contribution in [0.2, 0.25) is 0 Å². The van der Waals surface area contributed by atoms with E-state index in [1.165, 1.54) is 11.1 Å². The van der Waals surface area contributed by atoms with Gasteiger partial charge in [-0.2, -0.15) is 0 Å². The molecule has 0 nitrogen and oxygen atoms in total. The van der Waals surface area contributed by atoms with Crippen LogP contribution in [0.4, 0.5) is 0 Å². The lowest BCUT2D eigenvalue weighted by molar-refractivity contribution is 0.390. The molecule has 2 unspecified atom stereocenters. The molecule has 0 fully saturated rings. The van der Waals surface area contributed by atoms with Crippen LogP contribution < -0.4 is 0 Å². The molecule has 0 aromatic heterocycles. The molecule has 4 aliphatic rings. The monoisotopic (exact) mass is 218 g/mol. The van der Waals surface area contributed by atoms with Crippen molar-refractivity contribution in [2.45, 2.75) is 6.42 Å². The van der Waals surface area contributed by atoms with Gasteiger partial charge in [0.05, 0.1) is 0 Å². The summed E-state index contributed by atoms with van der Waals surface area (Å²) >= 11 is 0. The number of rotatable bonds is 0. The van der Waals surface area contributed by atoms with Gasteiger partial charge in [-0.05, 0) is 17.6 Å². The Hall–Kier alpha value is -1.82. The van der Waals surface area contributed by atoms with Crippen LogP contribution in [0.1, 0.15) is 6.42 Å². The number of hydrogen-bond acceptors (Lipinski definition) is 0. The van der Waals surface area contributed by atoms with Gasteiger partial charge in [0.1, 0.15) is 0 Å². The Kier molecular flexibility index (Phi) is 1.57. The Labute approximate surface area is 102 Å². The fourth-order valence-corrected chi connectivity index (χ4v) is 3.58. The van der Waals surface area contributed by atoms with Crippen molar-refractivity contribution in [2.24, 2.45) is 10.8 Å². The Morgan fingerprint density at radius 1 is 0.765 bits per heavy atom. The van der Waals surface area contributed by atoms with E-state index in [4.69, 9.17) is 0 Å². The molecule has 0 amide bonds. The summed E-state index contributed by atoms with van der Waals surface area (Å²) in [4.78, 5) is 0. The van der Waals surface area contributed by atoms with Gasteiger partial charge in [-0.3, -0.25) is 0 Å². The van der Waals surface area contributed by atoms with Crippen molar-refractivity contribution in [1.29, 1.82) is 0 Å². The van der Waals surface area contributed by atoms with E-state index in [2.05, 4.69) is 72.9 Å². The molecule has 17 heavy (non-hydrogen) atoms. The van der Waals surface area contributed by atoms with Gasteiger partial charge in [0.25, 0.3) is 0 Å². The first kappa shape index (κ1) is 9.23. The summed E-state index contributed by atoms with van der Waals surface area (Å²) in [5.74, 6) is 0. The molecule has 2 spiro atoms. The predicted molar refractivity (Wildman–Crippen MR) is 71.3 cm³/mol. The number of hydrogen-bond donors (Lipinski definition) is 0. The summed E-state index contributed by atoms with van der Waals surface area (Å²) in [5, 5.41) is 0. The average Bonchev–Trinajstić information content (AvgIpc) is 2.69. The van der Waals surface area contributed by atoms with Crippen molar-refractivity contribution in [3.63, 3.8) is 0 Å². The zero-order valence-electron chi connectivity index (χ0n) is 9.64. The van der Waals surface area contributed by atoms with Gasteiger partial charge in [0.15, 0.2) is 0 Å². The summed E-state index contributed by atoms with van der Waals surface area (Å²) in [7, 11) is 0. The Morgan fingerprint density at radius 2 is 1.47 bits per heavy atom. The fourth-order valence-electron chi connectivity index (χ4n) is 3.58. The van der Waals surface area contributed by atoms with E-state index in [1.54, 1.807) is 0 Å². The second-order valence-electron chi connectivity index (χ2n) is 5.07. The third-order valence-corrected chi connectivity index (χ3v) is 4.38. The molecule has 0 bridgehead atoms. The third-order valence-electron chi connectivity index (χ3n) is 4.38. The summed E-state index contributed by atoms with van der Waals surface area (Å²) in [6.07, 6.45) is 28.4. The number of allylic oxidation sites excluding steroid dienone is 14. The topological polar surface area (TPSA) is 0 Å². The molecular weight excluding hydrogens is 204 g/mol. The molecule has 0 radical (unpaired) electrons. The van der Waals surface area contributed by atoms with Gasteiger partial charge < -0.3 is 0 Å².